The molecule has 0 bridgehead atoms. The maximum Gasteiger partial charge on any atom is 0.325 e. The number of carboxylic acids is 1. The van der Waals surface area contributed by atoms with Crippen LogP contribution in [-0.2, 0) is 16.8 Å². The van der Waals surface area contributed by atoms with Crippen molar-refractivity contribution in [3.05, 3.63) is 69.8 Å². The fourth-order valence-corrected chi connectivity index (χ4v) is 4.33. The maximum atomic E-state index is 12.1. The number of aryl methyl sites for hydroxylation is 3. The molecule has 2 aromatic carbocycles. The smallest absolute Gasteiger partial charge is 0.325 e. The molecule has 3 heteroatoms. The topological polar surface area (TPSA) is 40.5 Å². The molecule has 0 radical (unpaired) electrons. The molecule has 0 fully saturated rings. The zero-order valence-corrected chi connectivity index (χ0v) is 15.8. The molecule has 0 saturated carbocycles. The highest BCUT2D eigenvalue weighted by atomic mass is 16.4. The predicted molar refractivity (Wildman–Crippen MR) is 101 cm³/mol. The monoisotopic (exact) mass is 337 g/mol. The van der Waals surface area contributed by atoms with Gasteiger partial charge in [-0.15, -0.1) is 0 Å². The second-order valence-corrected chi connectivity index (χ2v) is 7.99. The van der Waals surface area contributed by atoms with Crippen molar-refractivity contribution < 1.29 is 9.90 Å². The van der Waals surface area contributed by atoms with Crippen LogP contribution in [0.25, 0.3) is 0 Å². The van der Waals surface area contributed by atoms with Crippen LogP contribution in [0.15, 0.2) is 36.4 Å². The first-order valence-electron chi connectivity index (χ1n) is 8.83. The van der Waals surface area contributed by atoms with E-state index in [-0.39, 0.29) is 5.41 Å². The lowest BCUT2D eigenvalue weighted by Gasteiger charge is -2.44. The zero-order valence-electron chi connectivity index (χ0n) is 15.8. The SMILES string of the molecule is Cc1cc(C)c(CN2CC(C)(C)c3ccccc3C2C(=O)O)c(C)c1. The molecule has 0 aromatic heterocycles. The second kappa shape index (κ2) is 6.30. The van der Waals surface area contributed by atoms with Crippen molar-refractivity contribution in [3.8, 4) is 0 Å². The molecule has 1 atom stereocenters. The Kier molecular flexibility index (Phi) is 4.46. The van der Waals surface area contributed by atoms with Crippen molar-refractivity contribution in [1.29, 1.82) is 0 Å². The molecule has 1 heterocycles. The van der Waals surface area contributed by atoms with E-state index < -0.39 is 12.0 Å². The molecular formula is C22H27NO2. The summed E-state index contributed by atoms with van der Waals surface area (Å²) in [5.74, 6) is -0.773. The van der Waals surface area contributed by atoms with Gasteiger partial charge in [0.05, 0.1) is 0 Å². The normalized spacial score (nSPS) is 19.5. The highest BCUT2D eigenvalue weighted by Gasteiger charge is 2.41. The van der Waals surface area contributed by atoms with Crippen LogP contribution in [0.3, 0.4) is 0 Å². The Labute approximate surface area is 150 Å². The third-order valence-corrected chi connectivity index (χ3v) is 5.38. The van der Waals surface area contributed by atoms with E-state index in [1.165, 1.54) is 22.3 Å². The van der Waals surface area contributed by atoms with Gasteiger partial charge >= 0.3 is 5.97 Å². The molecule has 0 aliphatic carbocycles. The van der Waals surface area contributed by atoms with Crippen molar-refractivity contribution in [2.75, 3.05) is 6.54 Å². The average Bonchev–Trinajstić information content (AvgIpc) is 2.50. The lowest BCUT2D eigenvalue weighted by Crippen LogP contribution is -2.47. The Morgan fingerprint density at radius 2 is 1.76 bits per heavy atom. The molecule has 1 unspecified atom stereocenters. The Balaban J connectivity index is 2.06. The van der Waals surface area contributed by atoms with Gasteiger partial charge in [-0.05, 0) is 48.6 Å². The number of rotatable bonds is 3. The summed E-state index contributed by atoms with van der Waals surface area (Å²) in [7, 11) is 0. The molecule has 1 N–H and O–H groups in total. The van der Waals surface area contributed by atoms with E-state index in [0.29, 0.717) is 6.54 Å². The third-order valence-electron chi connectivity index (χ3n) is 5.38. The van der Waals surface area contributed by atoms with Crippen LogP contribution >= 0.6 is 0 Å². The molecule has 0 amide bonds. The third kappa shape index (κ3) is 3.21. The molecule has 1 aliphatic heterocycles. The average molecular weight is 337 g/mol. The largest absolute Gasteiger partial charge is 0.480 e. The summed E-state index contributed by atoms with van der Waals surface area (Å²) in [6, 6.07) is 11.8. The zero-order chi connectivity index (χ0) is 18.4. The second-order valence-electron chi connectivity index (χ2n) is 7.99. The Bertz CT molecular complexity index is 800. The fourth-order valence-electron chi connectivity index (χ4n) is 4.33. The maximum absolute atomic E-state index is 12.1. The summed E-state index contributed by atoms with van der Waals surface area (Å²) < 4.78 is 0. The van der Waals surface area contributed by atoms with Crippen LogP contribution in [0.2, 0.25) is 0 Å². The quantitative estimate of drug-likeness (QED) is 0.894. The predicted octanol–water partition coefficient (Wildman–Crippen LogP) is 4.53. The van der Waals surface area contributed by atoms with Crippen LogP contribution in [0, 0.1) is 20.8 Å². The molecule has 2 aromatic rings. The summed E-state index contributed by atoms with van der Waals surface area (Å²) in [6.07, 6.45) is 0. The Morgan fingerprint density at radius 3 is 2.36 bits per heavy atom. The van der Waals surface area contributed by atoms with Gasteiger partial charge in [0.1, 0.15) is 6.04 Å². The van der Waals surface area contributed by atoms with Gasteiger partial charge in [-0.25, -0.2) is 0 Å². The summed E-state index contributed by atoms with van der Waals surface area (Å²) in [4.78, 5) is 14.2. The van der Waals surface area contributed by atoms with Gasteiger partial charge in [-0.2, -0.15) is 0 Å². The van der Waals surface area contributed by atoms with Crippen LogP contribution in [0.5, 0.6) is 0 Å². The molecule has 0 saturated heterocycles. The first-order valence-corrected chi connectivity index (χ1v) is 8.83. The molecule has 3 rings (SSSR count). The summed E-state index contributed by atoms with van der Waals surface area (Å²) in [6.45, 7) is 12.1. The van der Waals surface area contributed by atoms with E-state index in [1.54, 1.807) is 0 Å². The van der Waals surface area contributed by atoms with Crippen molar-refractivity contribution in [1.82, 2.24) is 4.90 Å². The number of carbonyl (C=O) groups is 1. The molecule has 25 heavy (non-hydrogen) atoms. The summed E-state index contributed by atoms with van der Waals surface area (Å²) >= 11 is 0. The van der Waals surface area contributed by atoms with Crippen LogP contribution in [-0.4, -0.2) is 22.5 Å². The van der Waals surface area contributed by atoms with Gasteiger partial charge in [0.2, 0.25) is 0 Å². The first-order chi connectivity index (χ1) is 11.7. The highest BCUT2D eigenvalue weighted by molar-refractivity contribution is 5.77. The van der Waals surface area contributed by atoms with Gasteiger partial charge in [0.15, 0.2) is 0 Å². The van der Waals surface area contributed by atoms with E-state index in [9.17, 15) is 9.90 Å². The summed E-state index contributed by atoms with van der Waals surface area (Å²) in [5.41, 5.74) is 6.96. The van der Waals surface area contributed by atoms with Gasteiger partial charge in [0.25, 0.3) is 0 Å². The molecule has 3 nitrogen and oxygen atoms in total. The standard InChI is InChI=1S/C22H27NO2/c1-14-10-15(2)18(16(3)11-14)12-23-13-22(4,5)19-9-7-6-8-17(19)20(23)21(24)25/h6-11,20H,12-13H2,1-5H3,(H,24,25). The van der Waals surface area contributed by atoms with E-state index in [1.807, 2.05) is 18.2 Å². The van der Waals surface area contributed by atoms with Crippen LogP contribution < -0.4 is 0 Å². The van der Waals surface area contributed by atoms with E-state index in [0.717, 1.165) is 17.7 Å². The van der Waals surface area contributed by atoms with E-state index >= 15 is 0 Å². The molecular weight excluding hydrogens is 310 g/mol. The fraction of sp³-hybridized carbons (Fsp3) is 0.409. The Hall–Kier alpha value is -2.13. The lowest BCUT2D eigenvalue weighted by atomic mass is 9.75. The molecule has 1 aliphatic rings. The lowest BCUT2D eigenvalue weighted by molar-refractivity contribution is -0.144. The number of carboxylic acid groups (broad SMARTS) is 1. The van der Waals surface area contributed by atoms with Crippen molar-refractivity contribution >= 4 is 5.97 Å². The van der Waals surface area contributed by atoms with Crippen LogP contribution in [0.4, 0.5) is 0 Å². The van der Waals surface area contributed by atoms with Gasteiger partial charge in [-0.3, -0.25) is 9.69 Å². The number of fused-ring (bicyclic) bond motifs is 1. The van der Waals surface area contributed by atoms with Crippen molar-refractivity contribution in [2.24, 2.45) is 0 Å². The molecule has 132 valence electrons. The van der Waals surface area contributed by atoms with E-state index in [2.05, 4.69) is 57.7 Å². The molecule has 0 spiro atoms. The minimum atomic E-state index is -0.773. The minimum absolute atomic E-state index is 0.0744. The highest BCUT2D eigenvalue weighted by Crippen LogP contribution is 2.40. The first kappa shape index (κ1) is 17.7. The number of hydrogen-bond donors (Lipinski definition) is 1. The minimum Gasteiger partial charge on any atom is -0.480 e. The van der Waals surface area contributed by atoms with Gasteiger partial charge < -0.3 is 5.11 Å². The number of benzene rings is 2. The Morgan fingerprint density at radius 1 is 1.16 bits per heavy atom. The number of aliphatic carboxylic acids is 1. The number of hydrogen-bond acceptors (Lipinski definition) is 2. The van der Waals surface area contributed by atoms with Crippen molar-refractivity contribution in [2.45, 2.75) is 52.6 Å². The van der Waals surface area contributed by atoms with Gasteiger partial charge in [-0.1, -0.05) is 55.8 Å². The van der Waals surface area contributed by atoms with Crippen molar-refractivity contribution in [3.63, 3.8) is 0 Å². The van der Waals surface area contributed by atoms with E-state index in [4.69, 9.17) is 0 Å². The van der Waals surface area contributed by atoms with Crippen LogP contribution in [0.1, 0.15) is 53.3 Å². The van der Waals surface area contributed by atoms with Gasteiger partial charge in [0, 0.05) is 18.5 Å². The number of nitrogens with zero attached hydrogens (tertiary/aromatic N) is 1. The summed E-state index contributed by atoms with van der Waals surface area (Å²) in [5, 5.41) is 9.94.